The third kappa shape index (κ3) is 2.10. The van der Waals surface area contributed by atoms with Crippen molar-refractivity contribution in [3.8, 4) is 0 Å². The lowest BCUT2D eigenvalue weighted by Crippen LogP contribution is -2.22. The van der Waals surface area contributed by atoms with Crippen LogP contribution < -0.4 is 0 Å². The lowest BCUT2D eigenvalue weighted by molar-refractivity contribution is 0.141. The monoisotopic (exact) mass is 158 g/mol. The zero-order valence-electron chi connectivity index (χ0n) is 7.15. The van der Waals surface area contributed by atoms with Crippen LogP contribution in [-0.4, -0.2) is 24.0 Å². The molecule has 0 radical (unpaired) electrons. The second kappa shape index (κ2) is 3.53. The van der Waals surface area contributed by atoms with Gasteiger partial charge < -0.3 is 4.74 Å². The maximum Gasteiger partial charge on any atom is 0.0485 e. The summed E-state index contributed by atoms with van der Waals surface area (Å²) in [5.41, 5.74) is 0. The number of hydrogen-bond acceptors (Lipinski definition) is 1. The van der Waals surface area contributed by atoms with E-state index >= 15 is 0 Å². The molecule has 0 heterocycles. The molecular weight excluding hydrogens is 140 g/mol. The molecule has 0 atom stereocenters. The SMILES string of the molecule is COCC1([SiH3])CCCCC1. The summed E-state index contributed by atoms with van der Waals surface area (Å²) in [6, 6.07) is 0. The number of hydrogen-bond donors (Lipinski definition) is 0. The Labute approximate surface area is 66.6 Å². The van der Waals surface area contributed by atoms with E-state index < -0.39 is 0 Å². The molecule has 1 aliphatic rings. The molecule has 0 saturated heterocycles. The van der Waals surface area contributed by atoms with E-state index in [1.165, 1.54) is 42.3 Å². The van der Waals surface area contributed by atoms with Crippen LogP contribution in [0.3, 0.4) is 0 Å². The Balaban J connectivity index is 2.32. The molecule has 0 aromatic carbocycles. The Hall–Kier alpha value is 0.177. The van der Waals surface area contributed by atoms with Gasteiger partial charge in [0.25, 0.3) is 0 Å². The molecule has 1 saturated carbocycles. The highest BCUT2D eigenvalue weighted by molar-refractivity contribution is 6.15. The largest absolute Gasteiger partial charge is 0.384 e. The van der Waals surface area contributed by atoms with Crippen LogP contribution >= 0.6 is 0 Å². The van der Waals surface area contributed by atoms with Gasteiger partial charge in [-0.25, -0.2) is 0 Å². The summed E-state index contributed by atoms with van der Waals surface area (Å²) in [5.74, 6) is 0. The zero-order valence-corrected chi connectivity index (χ0v) is 9.15. The van der Waals surface area contributed by atoms with Gasteiger partial charge in [0, 0.05) is 24.0 Å². The van der Waals surface area contributed by atoms with E-state index in [1.807, 2.05) is 7.11 Å². The minimum atomic E-state index is 0.646. The van der Waals surface area contributed by atoms with Gasteiger partial charge >= 0.3 is 0 Å². The van der Waals surface area contributed by atoms with Gasteiger partial charge in [-0.15, -0.1) is 0 Å². The van der Waals surface area contributed by atoms with Gasteiger partial charge in [-0.2, -0.15) is 0 Å². The van der Waals surface area contributed by atoms with Gasteiger partial charge in [-0.1, -0.05) is 19.3 Å². The average molecular weight is 158 g/mol. The van der Waals surface area contributed by atoms with Crippen LogP contribution in [-0.2, 0) is 4.74 Å². The Morgan fingerprint density at radius 3 is 2.40 bits per heavy atom. The van der Waals surface area contributed by atoms with E-state index in [4.69, 9.17) is 4.74 Å². The molecule has 1 nitrogen and oxygen atoms in total. The molecule has 1 aliphatic carbocycles. The summed E-state index contributed by atoms with van der Waals surface area (Å²) in [5, 5.41) is 0.646. The molecule has 10 heavy (non-hydrogen) atoms. The van der Waals surface area contributed by atoms with Crippen molar-refractivity contribution in [2.45, 2.75) is 37.1 Å². The quantitative estimate of drug-likeness (QED) is 0.547. The van der Waals surface area contributed by atoms with Gasteiger partial charge in [0.15, 0.2) is 0 Å². The highest BCUT2D eigenvalue weighted by Crippen LogP contribution is 2.39. The molecule has 0 bridgehead atoms. The standard InChI is InChI=1S/C8H18OSi/c1-9-7-8(10)5-3-2-4-6-8/h2-7H2,1,10H3. The molecule has 2 heteroatoms. The fraction of sp³-hybridized carbons (Fsp3) is 1.00. The zero-order chi connectivity index (χ0) is 7.45. The Kier molecular flexibility index (Phi) is 2.92. The Morgan fingerprint density at radius 2 is 1.90 bits per heavy atom. The molecule has 1 rings (SSSR count). The van der Waals surface area contributed by atoms with Crippen molar-refractivity contribution >= 4 is 10.2 Å². The van der Waals surface area contributed by atoms with E-state index in [0.29, 0.717) is 5.04 Å². The first-order valence-corrected chi connectivity index (χ1v) is 5.26. The van der Waals surface area contributed by atoms with Crippen molar-refractivity contribution in [2.75, 3.05) is 13.7 Å². The van der Waals surface area contributed by atoms with Crippen LogP contribution in [0.15, 0.2) is 0 Å². The van der Waals surface area contributed by atoms with Gasteiger partial charge in [0.1, 0.15) is 0 Å². The summed E-state index contributed by atoms with van der Waals surface area (Å²) in [4.78, 5) is 0. The molecule has 0 aromatic heterocycles. The minimum Gasteiger partial charge on any atom is -0.384 e. The number of rotatable bonds is 2. The summed E-state index contributed by atoms with van der Waals surface area (Å²) < 4.78 is 5.22. The van der Waals surface area contributed by atoms with E-state index in [0.717, 1.165) is 6.61 Å². The number of ether oxygens (including phenoxy) is 1. The van der Waals surface area contributed by atoms with Crippen LogP contribution in [0.25, 0.3) is 0 Å². The van der Waals surface area contributed by atoms with Crippen LogP contribution in [0.2, 0.25) is 5.04 Å². The highest BCUT2D eigenvalue weighted by atomic mass is 28.1. The maximum absolute atomic E-state index is 5.22. The Morgan fingerprint density at radius 1 is 1.30 bits per heavy atom. The van der Waals surface area contributed by atoms with Crippen LogP contribution in [0, 0.1) is 0 Å². The first-order valence-electron chi connectivity index (χ1n) is 4.26. The second-order valence-electron chi connectivity index (χ2n) is 3.80. The fourth-order valence-electron chi connectivity index (χ4n) is 1.90. The van der Waals surface area contributed by atoms with Crippen molar-refractivity contribution in [2.24, 2.45) is 0 Å². The third-order valence-corrected chi connectivity index (χ3v) is 3.84. The van der Waals surface area contributed by atoms with Crippen LogP contribution in [0.4, 0.5) is 0 Å². The fourth-order valence-corrected chi connectivity index (χ4v) is 2.89. The predicted molar refractivity (Wildman–Crippen MR) is 47.6 cm³/mol. The van der Waals surface area contributed by atoms with E-state index in [9.17, 15) is 0 Å². The average Bonchev–Trinajstić information content (AvgIpc) is 1.89. The smallest absolute Gasteiger partial charge is 0.0485 e. The van der Waals surface area contributed by atoms with E-state index in [2.05, 4.69) is 0 Å². The van der Waals surface area contributed by atoms with Crippen molar-refractivity contribution in [1.29, 1.82) is 0 Å². The highest BCUT2D eigenvalue weighted by Gasteiger charge is 2.25. The summed E-state index contributed by atoms with van der Waals surface area (Å²) in [7, 11) is 3.14. The summed E-state index contributed by atoms with van der Waals surface area (Å²) in [6.45, 7) is 1.01. The molecule has 0 N–H and O–H groups in total. The van der Waals surface area contributed by atoms with Crippen molar-refractivity contribution in [3.63, 3.8) is 0 Å². The maximum atomic E-state index is 5.22. The van der Waals surface area contributed by atoms with Crippen LogP contribution in [0.5, 0.6) is 0 Å². The molecule has 0 spiro atoms. The van der Waals surface area contributed by atoms with Crippen molar-refractivity contribution in [1.82, 2.24) is 0 Å². The first kappa shape index (κ1) is 8.28. The topological polar surface area (TPSA) is 9.23 Å². The van der Waals surface area contributed by atoms with Crippen molar-refractivity contribution < 1.29 is 4.74 Å². The predicted octanol–water partition coefficient (Wildman–Crippen LogP) is 1.12. The molecular formula is C8H18OSi. The normalized spacial score (nSPS) is 24.9. The minimum absolute atomic E-state index is 0.646. The molecule has 0 aliphatic heterocycles. The van der Waals surface area contributed by atoms with Crippen molar-refractivity contribution in [3.05, 3.63) is 0 Å². The van der Waals surface area contributed by atoms with Gasteiger partial charge in [0.05, 0.1) is 0 Å². The molecule has 1 fully saturated rings. The van der Waals surface area contributed by atoms with E-state index in [-0.39, 0.29) is 0 Å². The molecule has 0 unspecified atom stereocenters. The third-order valence-electron chi connectivity index (χ3n) is 2.55. The first-order chi connectivity index (χ1) is 4.77. The molecule has 0 aromatic rings. The Bertz CT molecular complexity index is 91.9. The molecule has 0 amide bonds. The summed E-state index contributed by atoms with van der Waals surface area (Å²) in [6.07, 6.45) is 7.17. The summed E-state index contributed by atoms with van der Waals surface area (Å²) >= 11 is 0. The van der Waals surface area contributed by atoms with Gasteiger partial charge in [-0.3, -0.25) is 0 Å². The second-order valence-corrected chi connectivity index (χ2v) is 5.93. The van der Waals surface area contributed by atoms with Gasteiger partial charge in [-0.05, 0) is 17.9 Å². The molecule has 60 valence electrons. The lowest BCUT2D eigenvalue weighted by atomic mass is 9.89. The van der Waals surface area contributed by atoms with E-state index in [1.54, 1.807) is 0 Å². The van der Waals surface area contributed by atoms with Crippen LogP contribution in [0.1, 0.15) is 32.1 Å². The van der Waals surface area contributed by atoms with Gasteiger partial charge in [0.2, 0.25) is 0 Å². The number of methoxy groups -OCH3 is 1. The lowest BCUT2D eigenvalue weighted by Gasteiger charge is -2.32.